The Balaban J connectivity index is 1.71. The number of fused-ring (bicyclic) bond motifs is 7. The van der Waals surface area contributed by atoms with E-state index in [-0.39, 0.29) is 10.8 Å². The van der Waals surface area contributed by atoms with Gasteiger partial charge in [-0.05, 0) is 68.1 Å². The maximum Gasteiger partial charge on any atom is 0.141 e. The normalized spacial score (nSPS) is 19.2. The Bertz CT molecular complexity index is 1520. The van der Waals surface area contributed by atoms with E-state index in [1.807, 2.05) is 0 Å². The molecule has 1 nitrogen and oxygen atoms in total. The van der Waals surface area contributed by atoms with Gasteiger partial charge in [-0.15, -0.1) is 0 Å². The molecule has 1 unspecified atom stereocenters. The second kappa shape index (κ2) is 7.41. The average Bonchev–Trinajstić information content (AvgIpc) is 3.20. The lowest BCUT2D eigenvalue weighted by atomic mass is 9.79. The highest BCUT2D eigenvalue weighted by Gasteiger charge is 2.48. The van der Waals surface area contributed by atoms with Gasteiger partial charge in [0, 0.05) is 25.5 Å². The van der Waals surface area contributed by atoms with Crippen LogP contribution in [0.5, 0.6) is 0 Å². The summed E-state index contributed by atoms with van der Waals surface area (Å²) in [6.07, 6.45) is 0. The molecule has 35 heavy (non-hydrogen) atoms. The minimum absolute atomic E-state index is 0.0504. The van der Waals surface area contributed by atoms with Gasteiger partial charge >= 0.3 is 0 Å². The van der Waals surface area contributed by atoms with Crippen LogP contribution in [0.3, 0.4) is 0 Å². The molecule has 3 heteroatoms. The van der Waals surface area contributed by atoms with E-state index >= 15 is 0 Å². The minimum atomic E-state index is -1.25. The van der Waals surface area contributed by atoms with Gasteiger partial charge in [-0.1, -0.05) is 121 Å². The van der Waals surface area contributed by atoms with Crippen LogP contribution in [0.15, 0.2) is 81.7 Å². The third kappa shape index (κ3) is 3.08. The smallest absolute Gasteiger partial charge is 0.141 e. The van der Waals surface area contributed by atoms with Gasteiger partial charge in [0.2, 0.25) is 0 Å². The molecule has 176 valence electrons. The van der Waals surface area contributed by atoms with E-state index in [1.54, 1.807) is 0 Å². The largest absolute Gasteiger partial charge is 0.376 e. The van der Waals surface area contributed by atoms with Gasteiger partial charge in [-0.25, -0.2) is 0 Å². The highest BCUT2D eigenvalue weighted by atomic mass is 79.9. The Labute approximate surface area is 224 Å². The zero-order valence-electron chi connectivity index (χ0n) is 20.6. The van der Waals surface area contributed by atoms with Crippen LogP contribution in [0.1, 0.15) is 68.0 Å². The van der Waals surface area contributed by atoms with Gasteiger partial charge in [-0.3, -0.25) is 0 Å². The Morgan fingerprint density at radius 2 is 1.37 bits per heavy atom. The van der Waals surface area contributed by atoms with Gasteiger partial charge in [0.1, 0.15) is 5.60 Å². The van der Waals surface area contributed by atoms with Crippen molar-refractivity contribution in [2.45, 2.75) is 51.0 Å². The number of hydrogen-bond donors (Lipinski definition) is 1. The molecule has 0 aliphatic heterocycles. The lowest BCUT2D eigenvalue weighted by Gasteiger charge is -2.29. The molecule has 2 aliphatic carbocycles. The number of rotatable bonds is 1. The molecule has 0 aromatic heterocycles. The summed E-state index contributed by atoms with van der Waals surface area (Å²) in [6, 6.07) is 25.7. The van der Waals surface area contributed by atoms with Crippen LogP contribution < -0.4 is 0 Å². The molecule has 6 rings (SSSR count). The number of halogens is 2. The highest BCUT2D eigenvalue weighted by Crippen LogP contribution is 2.61. The summed E-state index contributed by atoms with van der Waals surface area (Å²) in [4.78, 5) is 0. The third-order valence-electron chi connectivity index (χ3n) is 7.97. The molecular formula is C32H28Br2O. The highest BCUT2D eigenvalue weighted by molar-refractivity contribution is 9.10. The van der Waals surface area contributed by atoms with Crippen LogP contribution in [0.4, 0.5) is 0 Å². The lowest BCUT2D eigenvalue weighted by Crippen LogP contribution is -2.27. The van der Waals surface area contributed by atoms with E-state index in [9.17, 15) is 5.11 Å². The number of benzene rings is 4. The predicted molar refractivity (Wildman–Crippen MR) is 152 cm³/mol. The molecule has 0 fully saturated rings. The van der Waals surface area contributed by atoms with E-state index in [4.69, 9.17) is 0 Å². The van der Waals surface area contributed by atoms with Gasteiger partial charge in [0.05, 0.1) is 0 Å². The third-order valence-corrected chi connectivity index (χ3v) is 9.09. The Hall–Kier alpha value is -2.20. The van der Waals surface area contributed by atoms with Crippen molar-refractivity contribution in [3.63, 3.8) is 0 Å². The molecule has 0 saturated heterocycles. The molecule has 0 heterocycles. The monoisotopic (exact) mass is 586 g/mol. The predicted octanol–water partition coefficient (Wildman–Crippen LogP) is 9.08. The van der Waals surface area contributed by atoms with Crippen molar-refractivity contribution in [2.75, 3.05) is 0 Å². The van der Waals surface area contributed by atoms with Gasteiger partial charge in [0.15, 0.2) is 0 Å². The van der Waals surface area contributed by atoms with E-state index < -0.39 is 5.60 Å². The molecule has 1 N–H and O–H groups in total. The lowest BCUT2D eigenvalue weighted by molar-refractivity contribution is 0.130. The number of aliphatic hydroxyl groups is 1. The number of hydrogen-bond acceptors (Lipinski definition) is 1. The molecule has 0 amide bonds. The summed E-state index contributed by atoms with van der Waals surface area (Å²) in [5, 5.41) is 12.7. The van der Waals surface area contributed by atoms with Crippen LogP contribution in [0.25, 0.3) is 22.3 Å². The SMILES string of the molecule is CC(C)(C)c1ccc(C2(O)c3cc(Br)ccc3-c3c2cc(Br)c2c3-c3ccccc3C2(C)C)cc1. The first-order valence-corrected chi connectivity index (χ1v) is 13.7. The van der Waals surface area contributed by atoms with Crippen molar-refractivity contribution in [3.05, 3.63) is 115 Å². The Morgan fingerprint density at radius 1 is 0.714 bits per heavy atom. The van der Waals surface area contributed by atoms with Crippen LogP contribution >= 0.6 is 31.9 Å². The van der Waals surface area contributed by atoms with Crippen LogP contribution in [-0.4, -0.2) is 5.11 Å². The van der Waals surface area contributed by atoms with Crippen molar-refractivity contribution >= 4 is 31.9 Å². The van der Waals surface area contributed by atoms with E-state index in [0.717, 1.165) is 36.8 Å². The molecule has 0 bridgehead atoms. The fourth-order valence-corrected chi connectivity index (χ4v) is 7.46. The summed E-state index contributed by atoms with van der Waals surface area (Å²) in [6.45, 7) is 11.2. The molecule has 2 aliphatic rings. The van der Waals surface area contributed by atoms with Crippen LogP contribution in [-0.2, 0) is 16.4 Å². The fourth-order valence-electron chi connectivity index (χ4n) is 6.18. The van der Waals surface area contributed by atoms with Crippen molar-refractivity contribution in [1.29, 1.82) is 0 Å². The first-order chi connectivity index (χ1) is 16.5. The summed E-state index contributed by atoms with van der Waals surface area (Å²) in [5.74, 6) is 0. The van der Waals surface area contributed by atoms with Crippen LogP contribution in [0.2, 0.25) is 0 Å². The van der Waals surface area contributed by atoms with Gasteiger partial charge < -0.3 is 5.11 Å². The molecule has 1 atom stereocenters. The molecule has 0 radical (unpaired) electrons. The van der Waals surface area contributed by atoms with E-state index in [1.165, 1.54) is 27.8 Å². The first kappa shape index (κ1) is 23.2. The maximum absolute atomic E-state index is 12.7. The van der Waals surface area contributed by atoms with Gasteiger partial charge in [0.25, 0.3) is 0 Å². The molecular weight excluding hydrogens is 560 g/mol. The fraction of sp³-hybridized carbons (Fsp3) is 0.250. The van der Waals surface area contributed by atoms with Gasteiger partial charge in [-0.2, -0.15) is 0 Å². The average molecular weight is 588 g/mol. The zero-order chi connectivity index (χ0) is 24.9. The Morgan fingerprint density at radius 3 is 2.06 bits per heavy atom. The summed E-state index contributed by atoms with van der Waals surface area (Å²) < 4.78 is 2.01. The molecule has 0 saturated carbocycles. The summed E-state index contributed by atoms with van der Waals surface area (Å²) in [7, 11) is 0. The molecule has 0 spiro atoms. The van der Waals surface area contributed by atoms with E-state index in [0.29, 0.717) is 0 Å². The standard InChI is InChI=1S/C32H28Br2O/c1-30(2,3)18-10-12-19(13-11-18)32(35)24-16-20(33)14-15-22(24)27-25(32)17-26(34)29-28(27)21-8-6-7-9-23(21)31(29,4)5/h6-17,35H,1-5H3. The van der Waals surface area contributed by atoms with Crippen molar-refractivity contribution in [1.82, 2.24) is 0 Å². The molecule has 4 aromatic rings. The topological polar surface area (TPSA) is 20.2 Å². The second-order valence-electron chi connectivity index (χ2n) is 11.4. The quantitative estimate of drug-likeness (QED) is 0.235. The van der Waals surface area contributed by atoms with Crippen LogP contribution in [0, 0.1) is 0 Å². The zero-order valence-corrected chi connectivity index (χ0v) is 23.8. The Kier molecular flexibility index (Phi) is 4.92. The minimum Gasteiger partial charge on any atom is -0.376 e. The maximum atomic E-state index is 12.7. The van der Waals surface area contributed by atoms with Crippen molar-refractivity contribution < 1.29 is 5.11 Å². The summed E-state index contributed by atoms with van der Waals surface area (Å²) >= 11 is 7.61. The second-order valence-corrected chi connectivity index (χ2v) is 13.2. The first-order valence-electron chi connectivity index (χ1n) is 12.1. The summed E-state index contributed by atoms with van der Waals surface area (Å²) in [5.41, 5.74) is 10.0. The van der Waals surface area contributed by atoms with E-state index in [2.05, 4.69) is 139 Å². The van der Waals surface area contributed by atoms with Crippen molar-refractivity contribution in [2.24, 2.45) is 0 Å². The molecule has 4 aromatic carbocycles. The van der Waals surface area contributed by atoms with Crippen molar-refractivity contribution in [3.8, 4) is 22.3 Å².